The summed E-state index contributed by atoms with van der Waals surface area (Å²) in [5.41, 5.74) is 2.52. The summed E-state index contributed by atoms with van der Waals surface area (Å²) in [5, 5.41) is 9.81. The van der Waals surface area contributed by atoms with Crippen molar-refractivity contribution in [2.45, 2.75) is 32.3 Å². The lowest BCUT2D eigenvalue weighted by molar-refractivity contribution is 0.112. The third-order valence-electron chi connectivity index (χ3n) is 3.64. The summed E-state index contributed by atoms with van der Waals surface area (Å²) in [6.07, 6.45) is 4.46. The summed E-state index contributed by atoms with van der Waals surface area (Å²) in [5.74, 6) is 0.213. The van der Waals surface area contributed by atoms with Gasteiger partial charge in [0.2, 0.25) is 0 Å². The highest BCUT2D eigenvalue weighted by Crippen LogP contribution is 2.22. The van der Waals surface area contributed by atoms with Crippen LogP contribution in [0.2, 0.25) is 0 Å². The zero-order valence-corrected chi connectivity index (χ0v) is 12.7. The molecule has 0 spiro atoms. The number of aldehydes is 1. The highest BCUT2D eigenvalue weighted by Gasteiger charge is 2.06. The van der Waals surface area contributed by atoms with Gasteiger partial charge >= 0.3 is 0 Å². The van der Waals surface area contributed by atoms with Gasteiger partial charge in [-0.15, -0.1) is 0 Å². The normalized spacial score (nSPS) is 10.5. The maximum atomic E-state index is 11.0. The van der Waals surface area contributed by atoms with Crippen molar-refractivity contribution in [3.8, 4) is 5.75 Å². The van der Waals surface area contributed by atoms with E-state index in [4.69, 9.17) is 4.74 Å². The molecule has 22 heavy (non-hydrogen) atoms. The molecule has 0 aromatic heterocycles. The van der Waals surface area contributed by atoms with Crippen molar-refractivity contribution in [2.75, 3.05) is 6.61 Å². The largest absolute Gasteiger partial charge is 0.508 e. The van der Waals surface area contributed by atoms with Gasteiger partial charge < -0.3 is 9.84 Å². The fourth-order valence-corrected chi connectivity index (χ4v) is 2.42. The number of carbonyl (C=O) groups excluding carboxylic acids is 1. The average molecular weight is 298 g/mol. The predicted octanol–water partition coefficient (Wildman–Crippen LogP) is 4.13. The number of phenols is 1. The average Bonchev–Trinajstić information content (AvgIpc) is 2.56. The Bertz CT molecular complexity index is 578. The van der Waals surface area contributed by atoms with Gasteiger partial charge in [-0.3, -0.25) is 4.79 Å². The van der Waals surface area contributed by atoms with Crippen LogP contribution in [0, 0.1) is 0 Å². The Morgan fingerprint density at radius 1 is 0.955 bits per heavy atom. The molecule has 0 heterocycles. The zero-order valence-electron chi connectivity index (χ0n) is 12.7. The first-order valence-electron chi connectivity index (χ1n) is 7.69. The van der Waals surface area contributed by atoms with E-state index in [0.29, 0.717) is 12.2 Å². The van der Waals surface area contributed by atoms with Crippen LogP contribution in [0.4, 0.5) is 0 Å². The fourth-order valence-electron chi connectivity index (χ4n) is 2.42. The molecule has 0 bridgehead atoms. The number of carbonyl (C=O) groups is 1. The van der Waals surface area contributed by atoms with Gasteiger partial charge in [-0.25, -0.2) is 0 Å². The maximum Gasteiger partial charge on any atom is 0.150 e. The Kier molecular flexibility index (Phi) is 6.65. The molecule has 0 fully saturated rings. The van der Waals surface area contributed by atoms with Gasteiger partial charge in [0.1, 0.15) is 12.0 Å². The van der Waals surface area contributed by atoms with Crippen molar-refractivity contribution in [1.29, 1.82) is 0 Å². The van der Waals surface area contributed by atoms with Gasteiger partial charge in [0, 0.05) is 17.7 Å². The second kappa shape index (κ2) is 9.00. The van der Waals surface area contributed by atoms with E-state index >= 15 is 0 Å². The van der Waals surface area contributed by atoms with Crippen molar-refractivity contribution in [3.63, 3.8) is 0 Å². The minimum Gasteiger partial charge on any atom is -0.508 e. The van der Waals surface area contributed by atoms with E-state index in [0.717, 1.165) is 44.1 Å². The molecule has 0 amide bonds. The van der Waals surface area contributed by atoms with Crippen LogP contribution in [-0.2, 0) is 17.8 Å². The van der Waals surface area contributed by atoms with E-state index in [2.05, 4.69) is 12.1 Å². The highest BCUT2D eigenvalue weighted by molar-refractivity contribution is 5.78. The Balaban J connectivity index is 1.63. The first kappa shape index (κ1) is 16.2. The molecule has 116 valence electrons. The second-order valence-electron chi connectivity index (χ2n) is 5.31. The smallest absolute Gasteiger partial charge is 0.150 e. The summed E-state index contributed by atoms with van der Waals surface area (Å²) in [4.78, 5) is 11.0. The van der Waals surface area contributed by atoms with Crippen LogP contribution in [0.1, 0.15) is 40.7 Å². The van der Waals surface area contributed by atoms with E-state index in [9.17, 15) is 9.90 Å². The van der Waals surface area contributed by atoms with Gasteiger partial charge in [-0.05, 0) is 30.9 Å². The third kappa shape index (κ3) is 5.01. The minimum absolute atomic E-state index is 0.213. The number of benzene rings is 2. The molecule has 1 N–H and O–H groups in total. The predicted molar refractivity (Wildman–Crippen MR) is 87.1 cm³/mol. The molecule has 2 aromatic rings. The molecule has 0 saturated heterocycles. The van der Waals surface area contributed by atoms with Crippen LogP contribution in [0.5, 0.6) is 5.75 Å². The zero-order chi connectivity index (χ0) is 15.6. The fraction of sp³-hybridized carbons (Fsp3) is 0.316. The molecule has 0 aliphatic rings. The molecule has 0 aliphatic carbocycles. The summed E-state index contributed by atoms with van der Waals surface area (Å²) in [7, 11) is 0. The van der Waals surface area contributed by atoms with E-state index in [-0.39, 0.29) is 5.75 Å². The van der Waals surface area contributed by atoms with E-state index in [1.54, 1.807) is 18.2 Å². The van der Waals surface area contributed by atoms with Crippen molar-refractivity contribution >= 4 is 6.29 Å². The first-order valence-corrected chi connectivity index (χ1v) is 7.69. The summed E-state index contributed by atoms with van der Waals surface area (Å²) in [6, 6.07) is 15.2. The summed E-state index contributed by atoms with van der Waals surface area (Å²) < 4.78 is 5.64. The lowest BCUT2D eigenvalue weighted by atomic mass is 10.0. The van der Waals surface area contributed by atoms with Crippen LogP contribution >= 0.6 is 0 Å². The number of rotatable bonds is 9. The summed E-state index contributed by atoms with van der Waals surface area (Å²) >= 11 is 0. The van der Waals surface area contributed by atoms with Gasteiger partial charge in [-0.2, -0.15) is 0 Å². The summed E-state index contributed by atoms with van der Waals surface area (Å²) in [6.45, 7) is 1.38. The van der Waals surface area contributed by atoms with Crippen LogP contribution < -0.4 is 0 Å². The van der Waals surface area contributed by atoms with Crippen LogP contribution in [0.3, 0.4) is 0 Å². The maximum absolute atomic E-state index is 11.0. The number of phenolic OH excluding ortho intramolecular Hbond substituents is 1. The monoisotopic (exact) mass is 298 g/mol. The molecule has 2 rings (SSSR count). The second-order valence-corrected chi connectivity index (χ2v) is 5.31. The molecule has 3 nitrogen and oxygen atoms in total. The van der Waals surface area contributed by atoms with E-state index in [1.807, 2.05) is 18.2 Å². The lowest BCUT2D eigenvalue weighted by Crippen LogP contribution is -1.97. The highest BCUT2D eigenvalue weighted by atomic mass is 16.5. The standard InChI is InChI=1S/C19H22O3/c20-14-17-10-7-12-19(21)18(17)11-5-2-6-13-22-15-16-8-3-1-4-9-16/h1,3-4,7-10,12,14,21H,2,5-6,11,13,15H2. The Morgan fingerprint density at radius 2 is 1.77 bits per heavy atom. The third-order valence-corrected chi connectivity index (χ3v) is 3.64. The SMILES string of the molecule is O=Cc1cccc(O)c1CCCCCOCc1ccccc1. The minimum atomic E-state index is 0.213. The number of unbranched alkanes of at least 4 members (excludes halogenated alkanes) is 2. The van der Waals surface area contributed by atoms with Gasteiger partial charge in [0.15, 0.2) is 0 Å². The molecular weight excluding hydrogens is 276 g/mol. The van der Waals surface area contributed by atoms with Crippen LogP contribution in [0.15, 0.2) is 48.5 Å². The quantitative estimate of drug-likeness (QED) is 0.559. The number of aromatic hydroxyl groups is 1. The molecule has 0 radical (unpaired) electrons. The first-order chi connectivity index (χ1) is 10.8. The van der Waals surface area contributed by atoms with Gasteiger partial charge in [0.25, 0.3) is 0 Å². The molecule has 0 atom stereocenters. The van der Waals surface area contributed by atoms with Crippen molar-refractivity contribution in [1.82, 2.24) is 0 Å². The molecule has 0 aliphatic heterocycles. The molecule has 3 heteroatoms. The van der Waals surface area contributed by atoms with Gasteiger partial charge in [-0.1, -0.05) is 48.9 Å². The van der Waals surface area contributed by atoms with E-state index < -0.39 is 0 Å². The van der Waals surface area contributed by atoms with Gasteiger partial charge in [0.05, 0.1) is 6.61 Å². The van der Waals surface area contributed by atoms with E-state index in [1.165, 1.54) is 5.56 Å². The van der Waals surface area contributed by atoms with Crippen LogP contribution in [0.25, 0.3) is 0 Å². The Hall–Kier alpha value is -2.13. The molecule has 2 aromatic carbocycles. The van der Waals surface area contributed by atoms with Crippen molar-refractivity contribution < 1.29 is 14.6 Å². The number of hydrogen-bond donors (Lipinski definition) is 1. The molecular formula is C19H22O3. The topological polar surface area (TPSA) is 46.5 Å². The van der Waals surface area contributed by atoms with Crippen molar-refractivity contribution in [2.24, 2.45) is 0 Å². The number of ether oxygens (including phenoxy) is 1. The van der Waals surface area contributed by atoms with Crippen LogP contribution in [-0.4, -0.2) is 18.0 Å². The Morgan fingerprint density at radius 3 is 2.55 bits per heavy atom. The Labute approximate surface area is 131 Å². The van der Waals surface area contributed by atoms with Crippen molar-refractivity contribution in [3.05, 3.63) is 65.2 Å². The molecule has 0 saturated carbocycles. The lowest BCUT2D eigenvalue weighted by Gasteiger charge is -2.08. The molecule has 0 unspecified atom stereocenters. The number of hydrogen-bond acceptors (Lipinski definition) is 3.